The van der Waals surface area contributed by atoms with Gasteiger partial charge in [-0.25, -0.2) is 9.18 Å². The number of nitrogens with zero attached hydrogens (tertiary/aromatic N) is 2. The highest BCUT2D eigenvalue weighted by Crippen LogP contribution is 2.23. The van der Waals surface area contributed by atoms with E-state index in [1.807, 2.05) is 6.07 Å². The highest BCUT2D eigenvalue weighted by Gasteiger charge is 2.28. The van der Waals surface area contributed by atoms with E-state index in [1.165, 1.54) is 12.1 Å². The predicted molar refractivity (Wildman–Crippen MR) is 90.5 cm³/mol. The van der Waals surface area contributed by atoms with Crippen LogP contribution in [0.5, 0.6) is 0 Å². The van der Waals surface area contributed by atoms with E-state index in [0.717, 1.165) is 18.4 Å². The van der Waals surface area contributed by atoms with Crippen molar-refractivity contribution in [2.45, 2.75) is 31.9 Å². The minimum Gasteiger partial charge on any atom is -0.370 e. The summed E-state index contributed by atoms with van der Waals surface area (Å²) in [5.41, 5.74) is 0.743. The van der Waals surface area contributed by atoms with Crippen LogP contribution >= 0.6 is 0 Å². The fraction of sp³-hybridized carbons (Fsp3) is 0.556. The molecule has 0 saturated carbocycles. The van der Waals surface area contributed by atoms with Gasteiger partial charge in [-0.3, -0.25) is 4.79 Å². The Kier molecular flexibility index (Phi) is 5.53. The zero-order valence-electron chi connectivity index (χ0n) is 14.4. The van der Waals surface area contributed by atoms with Crippen LogP contribution in [0.1, 0.15) is 31.4 Å². The van der Waals surface area contributed by atoms with E-state index in [-0.39, 0.29) is 29.9 Å². The molecule has 25 heavy (non-hydrogen) atoms. The van der Waals surface area contributed by atoms with Crippen LogP contribution in [-0.4, -0.2) is 60.6 Å². The van der Waals surface area contributed by atoms with Gasteiger partial charge in [-0.1, -0.05) is 12.1 Å². The quantitative estimate of drug-likeness (QED) is 0.887. The van der Waals surface area contributed by atoms with Crippen molar-refractivity contribution in [3.63, 3.8) is 0 Å². The van der Waals surface area contributed by atoms with Crippen molar-refractivity contribution in [3.05, 3.63) is 35.6 Å². The molecule has 3 rings (SSSR count). The number of nitrogens with one attached hydrogen (secondary N) is 1. The summed E-state index contributed by atoms with van der Waals surface area (Å²) < 4.78 is 19.1. The molecule has 3 amide bonds. The molecule has 0 bridgehead atoms. The van der Waals surface area contributed by atoms with Crippen LogP contribution in [0.25, 0.3) is 0 Å². The summed E-state index contributed by atoms with van der Waals surface area (Å²) in [6, 6.07) is 6.26. The van der Waals surface area contributed by atoms with Crippen molar-refractivity contribution < 1.29 is 18.7 Å². The van der Waals surface area contributed by atoms with Crippen molar-refractivity contribution in [2.75, 3.05) is 32.8 Å². The number of piperidine rings is 1. The van der Waals surface area contributed by atoms with Crippen LogP contribution in [0.3, 0.4) is 0 Å². The van der Waals surface area contributed by atoms with E-state index in [0.29, 0.717) is 32.8 Å². The average Bonchev–Trinajstić information content (AvgIpc) is 2.62. The summed E-state index contributed by atoms with van der Waals surface area (Å²) >= 11 is 0. The standard InChI is InChI=1S/C18H24FN3O3/c1-13(23)21-7-5-16(6-8-21)20-18(24)22-9-10-25-17(12-22)14-3-2-4-15(19)11-14/h2-4,11,16-17H,5-10,12H2,1H3,(H,20,24). The maximum Gasteiger partial charge on any atom is 0.317 e. The van der Waals surface area contributed by atoms with Gasteiger partial charge < -0.3 is 19.9 Å². The van der Waals surface area contributed by atoms with Crippen LogP contribution in [0, 0.1) is 5.82 Å². The first kappa shape index (κ1) is 17.7. The second-order valence-electron chi connectivity index (χ2n) is 6.59. The molecule has 7 heteroatoms. The molecule has 6 nitrogen and oxygen atoms in total. The summed E-state index contributed by atoms with van der Waals surface area (Å²) in [5.74, 6) is -0.226. The summed E-state index contributed by atoms with van der Waals surface area (Å²) in [4.78, 5) is 27.4. The summed E-state index contributed by atoms with van der Waals surface area (Å²) in [6.07, 6.45) is 1.22. The van der Waals surface area contributed by atoms with E-state index in [9.17, 15) is 14.0 Å². The highest BCUT2D eigenvalue weighted by atomic mass is 19.1. The summed E-state index contributed by atoms with van der Waals surface area (Å²) in [7, 11) is 0. The third-order valence-corrected chi connectivity index (χ3v) is 4.84. The SMILES string of the molecule is CC(=O)N1CCC(NC(=O)N2CCOC(c3cccc(F)c3)C2)CC1. The zero-order valence-corrected chi connectivity index (χ0v) is 14.4. The molecule has 1 atom stereocenters. The minimum absolute atomic E-state index is 0.0795. The molecule has 2 heterocycles. The van der Waals surface area contributed by atoms with Gasteiger partial charge in [-0.05, 0) is 30.5 Å². The first-order valence-corrected chi connectivity index (χ1v) is 8.71. The second kappa shape index (κ2) is 7.82. The Morgan fingerprint density at radius 1 is 1.20 bits per heavy atom. The molecule has 0 spiro atoms. The number of benzene rings is 1. The lowest BCUT2D eigenvalue weighted by molar-refractivity contribution is -0.129. The van der Waals surface area contributed by atoms with E-state index in [4.69, 9.17) is 4.74 Å². The third kappa shape index (κ3) is 4.48. The van der Waals surface area contributed by atoms with Crippen molar-refractivity contribution >= 4 is 11.9 Å². The molecule has 0 aromatic heterocycles. The Morgan fingerprint density at radius 2 is 1.96 bits per heavy atom. The number of morpholine rings is 1. The molecule has 1 N–H and O–H groups in total. The van der Waals surface area contributed by atoms with E-state index in [2.05, 4.69) is 5.32 Å². The number of likely N-dealkylation sites (tertiary alicyclic amines) is 1. The normalized spacial score (nSPS) is 21.9. The van der Waals surface area contributed by atoms with Gasteiger partial charge in [-0.15, -0.1) is 0 Å². The van der Waals surface area contributed by atoms with Crippen molar-refractivity contribution in [1.82, 2.24) is 15.1 Å². The number of ether oxygens (including phenoxy) is 1. The largest absolute Gasteiger partial charge is 0.370 e. The smallest absolute Gasteiger partial charge is 0.317 e. The van der Waals surface area contributed by atoms with Crippen LogP contribution in [0.4, 0.5) is 9.18 Å². The Hall–Kier alpha value is -2.15. The zero-order chi connectivity index (χ0) is 17.8. The van der Waals surface area contributed by atoms with Gasteiger partial charge >= 0.3 is 6.03 Å². The maximum absolute atomic E-state index is 13.4. The summed E-state index contributed by atoms with van der Waals surface area (Å²) in [5, 5.41) is 3.05. The molecule has 2 aliphatic rings. The lowest BCUT2D eigenvalue weighted by atomic mass is 10.1. The molecule has 1 unspecified atom stereocenters. The predicted octanol–water partition coefficient (Wildman–Crippen LogP) is 1.92. The lowest BCUT2D eigenvalue weighted by Crippen LogP contribution is -2.52. The van der Waals surface area contributed by atoms with Crippen molar-refractivity contribution in [1.29, 1.82) is 0 Å². The van der Waals surface area contributed by atoms with Gasteiger partial charge in [0.25, 0.3) is 0 Å². The number of amides is 3. The van der Waals surface area contributed by atoms with Gasteiger partial charge in [0, 0.05) is 32.6 Å². The maximum atomic E-state index is 13.4. The fourth-order valence-corrected chi connectivity index (χ4v) is 3.35. The van der Waals surface area contributed by atoms with E-state index in [1.54, 1.807) is 22.8 Å². The topological polar surface area (TPSA) is 61.9 Å². The lowest BCUT2D eigenvalue weighted by Gasteiger charge is -2.36. The summed E-state index contributed by atoms with van der Waals surface area (Å²) in [6.45, 7) is 4.27. The number of halogens is 1. The molecule has 2 aliphatic heterocycles. The van der Waals surface area contributed by atoms with Crippen LogP contribution in [0.2, 0.25) is 0 Å². The van der Waals surface area contributed by atoms with Crippen LogP contribution in [-0.2, 0) is 9.53 Å². The number of rotatable bonds is 2. The van der Waals surface area contributed by atoms with E-state index >= 15 is 0 Å². The Labute approximate surface area is 146 Å². The van der Waals surface area contributed by atoms with Crippen LogP contribution in [0.15, 0.2) is 24.3 Å². The molecule has 0 radical (unpaired) electrons. The highest BCUT2D eigenvalue weighted by molar-refractivity contribution is 5.75. The Morgan fingerprint density at radius 3 is 2.64 bits per heavy atom. The fourth-order valence-electron chi connectivity index (χ4n) is 3.35. The third-order valence-electron chi connectivity index (χ3n) is 4.84. The molecule has 0 aliphatic carbocycles. The molecule has 136 valence electrons. The van der Waals surface area contributed by atoms with E-state index < -0.39 is 0 Å². The first-order valence-electron chi connectivity index (χ1n) is 8.71. The van der Waals surface area contributed by atoms with Crippen molar-refractivity contribution in [3.8, 4) is 0 Å². The number of carbonyl (C=O) groups excluding carboxylic acids is 2. The first-order chi connectivity index (χ1) is 12.0. The Balaban J connectivity index is 1.53. The molecule has 2 fully saturated rings. The molecule has 1 aromatic carbocycles. The minimum atomic E-state index is -0.310. The average molecular weight is 349 g/mol. The van der Waals surface area contributed by atoms with Gasteiger partial charge in [-0.2, -0.15) is 0 Å². The number of hydrogen-bond acceptors (Lipinski definition) is 3. The number of carbonyl (C=O) groups is 2. The van der Waals surface area contributed by atoms with Gasteiger partial charge in [0.15, 0.2) is 0 Å². The molecule has 2 saturated heterocycles. The Bertz CT molecular complexity index is 632. The van der Waals surface area contributed by atoms with Crippen LogP contribution < -0.4 is 5.32 Å². The monoisotopic (exact) mass is 349 g/mol. The van der Waals surface area contributed by atoms with Gasteiger partial charge in [0.05, 0.1) is 13.2 Å². The molecule has 1 aromatic rings. The second-order valence-corrected chi connectivity index (χ2v) is 6.59. The number of hydrogen-bond donors (Lipinski definition) is 1. The molecular formula is C18H24FN3O3. The molecular weight excluding hydrogens is 325 g/mol. The van der Waals surface area contributed by atoms with Crippen molar-refractivity contribution in [2.24, 2.45) is 0 Å². The number of urea groups is 1. The van der Waals surface area contributed by atoms with Gasteiger partial charge in [0.1, 0.15) is 11.9 Å². The van der Waals surface area contributed by atoms with Gasteiger partial charge in [0.2, 0.25) is 5.91 Å².